The molecule has 2 aliphatic heterocycles. The Balaban J connectivity index is 1.31. The van der Waals surface area contributed by atoms with Crippen LogP contribution < -0.4 is 5.32 Å². The fourth-order valence-electron chi connectivity index (χ4n) is 4.62. The van der Waals surface area contributed by atoms with Gasteiger partial charge in [0.15, 0.2) is 0 Å². The predicted octanol–water partition coefficient (Wildman–Crippen LogP) is 4.21. The second kappa shape index (κ2) is 9.29. The van der Waals surface area contributed by atoms with Crippen LogP contribution >= 0.6 is 23.4 Å². The summed E-state index contributed by atoms with van der Waals surface area (Å²) in [7, 11) is 0. The highest BCUT2D eigenvalue weighted by Gasteiger charge is 2.64. The van der Waals surface area contributed by atoms with Crippen LogP contribution in [-0.4, -0.2) is 50.0 Å². The lowest BCUT2D eigenvalue weighted by atomic mass is 9.95. The Bertz CT molecular complexity index is 1340. The molecule has 2 saturated heterocycles. The lowest BCUT2D eigenvalue weighted by Crippen LogP contribution is -2.70. The summed E-state index contributed by atoms with van der Waals surface area (Å²) >= 11 is 7.77. The average molecular weight is 526 g/mol. The van der Waals surface area contributed by atoms with Crippen LogP contribution in [0.4, 0.5) is 0 Å². The van der Waals surface area contributed by atoms with Crippen LogP contribution in [0.1, 0.15) is 35.5 Å². The van der Waals surface area contributed by atoms with Crippen molar-refractivity contribution >= 4 is 41.1 Å². The standard InChI is InChI=1S/C26H24ClN3O5S/c1-14-18(19(29-35-14)16-11-7-8-12-17(16)27)22(31)28-20-23(32)30-21(26(2,3)36-24(20)30)25(33)34-13-15-9-5-4-6-10-15/h4-12,20-21,24H,13H2,1-3H3,(H,28,31)/t20-,21+,24-/m1/s1. The summed E-state index contributed by atoms with van der Waals surface area (Å²) in [5.41, 5.74) is 1.95. The Kier molecular flexibility index (Phi) is 6.30. The first kappa shape index (κ1) is 24.4. The van der Waals surface area contributed by atoms with Gasteiger partial charge in [0, 0.05) is 10.3 Å². The van der Waals surface area contributed by atoms with Crippen LogP contribution in [0.25, 0.3) is 11.3 Å². The quantitative estimate of drug-likeness (QED) is 0.380. The number of thioether (sulfide) groups is 1. The zero-order valence-electron chi connectivity index (χ0n) is 19.9. The lowest BCUT2D eigenvalue weighted by Gasteiger charge is -2.43. The van der Waals surface area contributed by atoms with Gasteiger partial charge in [0.25, 0.3) is 5.91 Å². The van der Waals surface area contributed by atoms with Crippen LogP contribution in [0.5, 0.6) is 0 Å². The summed E-state index contributed by atoms with van der Waals surface area (Å²) in [6.45, 7) is 5.55. The molecule has 3 heterocycles. The average Bonchev–Trinajstić information content (AvgIpc) is 3.36. The second-order valence-electron chi connectivity index (χ2n) is 9.25. The Morgan fingerprint density at radius 3 is 2.58 bits per heavy atom. The van der Waals surface area contributed by atoms with Crippen molar-refractivity contribution in [3.05, 3.63) is 76.5 Å². The highest BCUT2D eigenvalue weighted by Crippen LogP contribution is 2.51. The minimum Gasteiger partial charge on any atom is -0.459 e. The van der Waals surface area contributed by atoms with Crippen molar-refractivity contribution in [1.29, 1.82) is 0 Å². The van der Waals surface area contributed by atoms with Gasteiger partial charge in [-0.2, -0.15) is 0 Å². The Hall–Kier alpha value is -3.30. The van der Waals surface area contributed by atoms with E-state index in [1.807, 2.05) is 44.2 Å². The van der Waals surface area contributed by atoms with Gasteiger partial charge in [0.05, 0.1) is 5.02 Å². The molecule has 0 aliphatic carbocycles. The summed E-state index contributed by atoms with van der Waals surface area (Å²) in [5.74, 6) is -0.975. The van der Waals surface area contributed by atoms with Crippen molar-refractivity contribution in [2.24, 2.45) is 0 Å². The Morgan fingerprint density at radius 2 is 1.86 bits per heavy atom. The first-order valence-corrected chi connectivity index (χ1v) is 12.7. The van der Waals surface area contributed by atoms with Crippen LogP contribution in [0.3, 0.4) is 0 Å². The molecule has 3 aromatic rings. The molecule has 186 valence electrons. The zero-order valence-corrected chi connectivity index (χ0v) is 21.4. The predicted molar refractivity (Wildman–Crippen MR) is 135 cm³/mol. The molecule has 36 heavy (non-hydrogen) atoms. The number of fused-ring (bicyclic) bond motifs is 1. The molecule has 2 aliphatic rings. The summed E-state index contributed by atoms with van der Waals surface area (Å²) in [6.07, 6.45) is 0. The van der Waals surface area contributed by atoms with Gasteiger partial charge in [-0.05, 0) is 32.4 Å². The summed E-state index contributed by atoms with van der Waals surface area (Å²) in [5, 5.41) is 6.88. The zero-order chi connectivity index (χ0) is 25.6. The molecule has 0 radical (unpaired) electrons. The highest BCUT2D eigenvalue weighted by atomic mass is 35.5. The molecule has 2 amide bonds. The van der Waals surface area contributed by atoms with Crippen molar-refractivity contribution in [2.45, 2.75) is 49.6 Å². The SMILES string of the molecule is Cc1onc(-c2ccccc2Cl)c1C(=O)N[C@@H]1C(=O)N2[C@@H]1SC(C)(C)[C@@H]2C(=O)OCc1ccccc1. The van der Waals surface area contributed by atoms with Gasteiger partial charge in [0.2, 0.25) is 5.91 Å². The van der Waals surface area contributed by atoms with Crippen LogP contribution in [0.2, 0.25) is 5.02 Å². The number of hydrogen-bond donors (Lipinski definition) is 1. The van der Waals surface area contributed by atoms with Gasteiger partial charge in [-0.3, -0.25) is 9.59 Å². The molecule has 0 unspecified atom stereocenters. The Morgan fingerprint density at radius 1 is 1.17 bits per heavy atom. The summed E-state index contributed by atoms with van der Waals surface area (Å²) < 4.78 is 10.2. The van der Waals surface area contributed by atoms with Gasteiger partial charge in [-0.1, -0.05) is 65.3 Å². The largest absolute Gasteiger partial charge is 0.459 e. The maximum atomic E-state index is 13.3. The molecular formula is C26H24ClN3O5S. The van der Waals surface area contributed by atoms with E-state index in [4.69, 9.17) is 20.9 Å². The highest BCUT2D eigenvalue weighted by molar-refractivity contribution is 8.01. The van der Waals surface area contributed by atoms with Crippen molar-refractivity contribution < 1.29 is 23.6 Å². The third-order valence-corrected chi connectivity index (χ3v) is 8.29. The van der Waals surface area contributed by atoms with Crippen LogP contribution in [0.15, 0.2) is 59.1 Å². The number of rotatable bonds is 6. The molecule has 8 nitrogen and oxygen atoms in total. The van der Waals surface area contributed by atoms with E-state index >= 15 is 0 Å². The number of carbonyl (C=O) groups excluding carboxylic acids is 3. The van der Waals surface area contributed by atoms with Crippen LogP contribution in [-0.2, 0) is 20.9 Å². The van der Waals surface area contributed by atoms with Crippen molar-refractivity contribution in [3.63, 3.8) is 0 Å². The summed E-state index contributed by atoms with van der Waals surface area (Å²) in [6, 6.07) is 14.8. The normalized spacial score (nSPS) is 22.1. The van der Waals surface area contributed by atoms with Crippen LogP contribution in [0, 0.1) is 6.92 Å². The van der Waals surface area contributed by atoms with E-state index in [2.05, 4.69) is 10.5 Å². The van der Waals surface area contributed by atoms with Gasteiger partial charge in [-0.25, -0.2) is 4.79 Å². The molecular weight excluding hydrogens is 502 g/mol. The molecule has 10 heteroatoms. The van der Waals surface area contributed by atoms with Gasteiger partial charge in [0.1, 0.15) is 41.1 Å². The van der Waals surface area contributed by atoms with E-state index in [0.717, 1.165) is 5.56 Å². The fourth-order valence-corrected chi connectivity index (χ4v) is 6.47. The van der Waals surface area contributed by atoms with Crippen molar-refractivity contribution in [1.82, 2.24) is 15.4 Å². The minimum absolute atomic E-state index is 0.126. The number of hydrogen-bond acceptors (Lipinski definition) is 7. The van der Waals surface area contributed by atoms with E-state index in [9.17, 15) is 14.4 Å². The number of aryl methyl sites for hydroxylation is 1. The van der Waals surface area contributed by atoms with E-state index in [-0.39, 0.29) is 18.1 Å². The van der Waals surface area contributed by atoms with Crippen molar-refractivity contribution in [2.75, 3.05) is 0 Å². The van der Waals surface area contributed by atoms with Gasteiger partial charge < -0.3 is 19.5 Å². The lowest BCUT2D eigenvalue weighted by molar-refractivity contribution is -0.164. The Labute approximate surface area is 217 Å². The number of amides is 2. The van der Waals surface area contributed by atoms with E-state index in [1.165, 1.54) is 16.7 Å². The molecule has 2 aromatic carbocycles. The topological polar surface area (TPSA) is 102 Å². The van der Waals surface area contributed by atoms with E-state index in [0.29, 0.717) is 22.0 Å². The molecule has 0 spiro atoms. The molecule has 1 N–H and O–H groups in total. The molecule has 1 aromatic heterocycles. The first-order valence-electron chi connectivity index (χ1n) is 11.4. The molecule has 0 bridgehead atoms. The van der Waals surface area contributed by atoms with E-state index in [1.54, 1.807) is 31.2 Å². The number of aromatic nitrogens is 1. The number of halogens is 1. The van der Waals surface area contributed by atoms with Gasteiger partial charge >= 0.3 is 5.97 Å². The fraction of sp³-hybridized carbons (Fsp3) is 0.308. The summed E-state index contributed by atoms with van der Waals surface area (Å²) in [4.78, 5) is 41.0. The number of β-lactam (4-membered cyclic amide) rings is 1. The van der Waals surface area contributed by atoms with E-state index < -0.39 is 34.1 Å². The second-order valence-corrected chi connectivity index (χ2v) is 11.4. The smallest absolute Gasteiger partial charge is 0.330 e. The molecule has 0 saturated carbocycles. The number of nitrogens with one attached hydrogen (secondary N) is 1. The number of carbonyl (C=O) groups is 3. The molecule has 5 rings (SSSR count). The van der Waals surface area contributed by atoms with Gasteiger partial charge in [-0.15, -0.1) is 11.8 Å². The monoisotopic (exact) mass is 525 g/mol. The maximum absolute atomic E-state index is 13.3. The number of esters is 1. The third-order valence-electron chi connectivity index (χ3n) is 6.39. The minimum atomic E-state index is -0.790. The third kappa shape index (κ3) is 4.16. The molecule has 2 fully saturated rings. The first-order chi connectivity index (χ1) is 17.2. The number of ether oxygens (including phenoxy) is 1. The number of nitrogens with zero attached hydrogens (tertiary/aromatic N) is 2. The van der Waals surface area contributed by atoms with Crippen molar-refractivity contribution in [3.8, 4) is 11.3 Å². The molecule has 3 atom stereocenters. The number of benzene rings is 2. The maximum Gasteiger partial charge on any atom is 0.330 e.